The molecule has 0 radical (unpaired) electrons. The van der Waals surface area contributed by atoms with Crippen LogP contribution in [-0.2, 0) is 16.1 Å². The number of carboxylic acid groups (broad SMARTS) is 2. The zero-order chi connectivity index (χ0) is 15.0. The third-order valence-electron chi connectivity index (χ3n) is 2.26. The van der Waals surface area contributed by atoms with Crippen LogP contribution in [0.2, 0.25) is 0 Å². The molecule has 3 N–H and O–H groups in total. The molecule has 0 aliphatic heterocycles. The number of carboxylic acids is 2. The SMILES string of the molecule is CCOc1cc(CNCC(=O)O)ccc1OCC(=O)O. The molecule has 7 nitrogen and oxygen atoms in total. The summed E-state index contributed by atoms with van der Waals surface area (Å²) < 4.78 is 10.5. The molecular formula is C13H17NO6. The molecule has 0 aliphatic carbocycles. The van der Waals surface area contributed by atoms with Crippen LogP contribution in [0.15, 0.2) is 18.2 Å². The highest BCUT2D eigenvalue weighted by molar-refractivity contribution is 5.69. The molecule has 0 unspecified atom stereocenters. The minimum Gasteiger partial charge on any atom is -0.490 e. The Morgan fingerprint density at radius 2 is 1.90 bits per heavy atom. The highest BCUT2D eigenvalue weighted by atomic mass is 16.5. The molecule has 0 saturated heterocycles. The maximum Gasteiger partial charge on any atom is 0.341 e. The minimum atomic E-state index is -1.07. The fourth-order valence-corrected chi connectivity index (χ4v) is 1.50. The van der Waals surface area contributed by atoms with Crippen molar-refractivity contribution in [3.8, 4) is 11.5 Å². The van der Waals surface area contributed by atoms with Gasteiger partial charge in [-0.05, 0) is 24.6 Å². The lowest BCUT2D eigenvalue weighted by Crippen LogP contribution is -2.21. The van der Waals surface area contributed by atoms with Gasteiger partial charge in [0.15, 0.2) is 18.1 Å². The Bertz CT molecular complexity index is 474. The predicted molar refractivity (Wildman–Crippen MR) is 70.1 cm³/mol. The number of ether oxygens (including phenoxy) is 2. The van der Waals surface area contributed by atoms with Crippen molar-refractivity contribution in [2.75, 3.05) is 19.8 Å². The van der Waals surface area contributed by atoms with Crippen molar-refractivity contribution >= 4 is 11.9 Å². The molecule has 0 aromatic heterocycles. The standard InChI is InChI=1S/C13H17NO6/c1-2-19-11-5-9(6-14-7-12(15)16)3-4-10(11)20-8-13(17)18/h3-5,14H,2,6-8H2,1H3,(H,15,16)(H,17,18). The van der Waals surface area contributed by atoms with Gasteiger partial charge in [0.1, 0.15) is 0 Å². The van der Waals surface area contributed by atoms with Crippen molar-refractivity contribution in [1.82, 2.24) is 5.32 Å². The first kappa shape index (κ1) is 15.8. The molecule has 0 spiro atoms. The van der Waals surface area contributed by atoms with Gasteiger partial charge in [-0.1, -0.05) is 6.07 Å². The third kappa shape index (κ3) is 5.57. The first-order chi connectivity index (χ1) is 9.52. The molecule has 0 saturated carbocycles. The van der Waals surface area contributed by atoms with Gasteiger partial charge in [0.05, 0.1) is 13.2 Å². The molecule has 20 heavy (non-hydrogen) atoms. The van der Waals surface area contributed by atoms with E-state index in [1.807, 2.05) is 0 Å². The molecule has 110 valence electrons. The highest BCUT2D eigenvalue weighted by Crippen LogP contribution is 2.28. The maximum atomic E-state index is 10.5. The van der Waals surface area contributed by atoms with E-state index in [1.165, 1.54) is 0 Å². The maximum absolute atomic E-state index is 10.5. The number of hydrogen-bond donors (Lipinski definition) is 3. The van der Waals surface area contributed by atoms with Crippen molar-refractivity contribution in [3.63, 3.8) is 0 Å². The Kier molecular flexibility index (Phi) is 6.31. The van der Waals surface area contributed by atoms with Crippen LogP contribution >= 0.6 is 0 Å². The third-order valence-corrected chi connectivity index (χ3v) is 2.26. The summed E-state index contributed by atoms with van der Waals surface area (Å²) in [6.07, 6.45) is 0. The van der Waals surface area contributed by atoms with Gasteiger partial charge in [-0.25, -0.2) is 4.79 Å². The molecule has 1 aromatic rings. The van der Waals surface area contributed by atoms with Gasteiger partial charge in [-0.3, -0.25) is 4.79 Å². The van der Waals surface area contributed by atoms with E-state index in [0.717, 1.165) is 5.56 Å². The fraction of sp³-hybridized carbons (Fsp3) is 0.385. The van der Waals surface area contributed by atoms with Gasteiger partial charge >= 0.3 is 11.9 Å². The van der Waals surface area contributed by atoms with Crippen molar-refractivity contribution < 1.29 is 29.3 Å². The molecule has 0 bridgehead atoms. The Labute approximate surface area is 116 Å². The van der Waals surface area contributed by atoms with Crippen molar-refractivity contribution in [2.45, 2.75) is 13.5 Å². The van der Waals surface area contributed by atoms with Crippen LogP contribution in [0, 0.1) is 0 Å². The van der Waals surface area contributed by atoms with Crippen LogP contribution in [-0.4, -0.2) is 41.9 Å². The van der Waals surface area contributed by atoms with Gasteiger partial charge in [-0.2, -0.15) is 0 Å². The van der Waals surface area contributed by atoms with Crippen LogP contribution < -0.4 is 14.8 Å². The zero-order valence-electron chi connectivity index (χ0n) is 11.1. The molecule has 0 amide bonds. The fourth-order valence-electron chi connectivity index (χ4n) is 1.50. The molecular weight excluding hydrogens is 266 g/mol. The van der Waals surface area contributed by atoms with Crippen LogP contribution in [0.25, 0.3) is 0 Å². The van der Waals surface area contributed by atoms with Gasteiger partial charge < -0.3 is 25.0 Å². The van der Waals surface area contributed by atoms with E-state index >= 15 is 0 Å². The molecule has 1 rings (SSSR count). The van der Waals surface area contributed by atoms with E-state index in [9.17, 15) is 9.59 Å². The van der Waals surface area contributed by atoms with Crippen molar-refractivity contribution in [2.24, 2.45) is 0 Å². The van der Waals surface area contributed by atoms with E-state index in [-0.39, 0.29) is 6.54 Å². The van der Waals surface area contributed by atoms with Crippen molar-refractivity contribution in [1.29, 1.82) is 0 Å². The summed E-state index contributed by atoms with van der Waals surface area (Å²) in [4.78, 5) is 20.9. The second-order valence-electron chi connectivity index (χ2n) is 3.89. The first-order valence-electron chi connectivity index (χ1n) is 6.05. The first-order valence-corrected chi connectivity index (χ1v) is 6.05. The smallest absolute Gasteiger partial charge is 0.341 e. The zero-order valence-corrected chi connectivity index (χ0v) is 11.1. The van der Waals surface area contributed by atoms with E-state index in [0.29, 0.717) is 24.7 Å². The van der Waals surface area contributed by atoms with E-state index in [4.69, 9.17) is 19.7 Å². The summed E-state index contributed by atoms with van der Waals surface area (Å²) in [5, 5.41) is 19.9. The Morgan fingerprint density at radius 1 is 1.15 bits per heavy atom. The van der Waals surface area contributed by atoms with E-state index < -0.39 is 18.5 Å². The number of aliphatic carboxylic acids is 2. The van der Waals surface area contributed by atoms with Gasteiger partial charge in [0, 0.05) is 6.54 Å². The average molecular weight is 283 g/mol. The highest BCUT2D eigenvalue weighted by Gasteiger charge is 2.08. The van der Waals surface area contributed by atoms with E-state index in [1.54, 1.807) is 25.1 Å². The summed E-state index contributed by atoms with van der Waals surface area (Å²) in [7, 11) is 0. The van der Waals surface area contributed by atoms with Crippen LogP contribution in [0.3, 0.4) is 0 Å². The van der Waals surface area contributed by atoms with Crippen LogP contribution in [0.5, 0.6) is 11.5 Å². The Morgan fingerprint density at radius 3 is 2.50 bits per heavy atom. The van der Waals surface area contributed by atoms with Crippen LogP contribution in [0.1, 0.15) is 12.5 Å². The van der Waals surface area contributed by atoms with Crippen LogP contribution in [0.4, 0.5) is 0 Å². The number of benzene rings is 1. The average Bonchev–Trinajstić information content (AvgIpc) is 2.37. The van der Waals surface area contributed by atoms with Crippen molar-refractivity contribution in [3.05, 3.63) is 23.8 Å². The second kappa shape index (κ2) is 8.00. The molecule has 1 aromatic carbocycles. The topological polar surface area (TPSA) is 105 Å². The minimum absolute atomic E-state index is 0.138. The lowest BCUT2D eigenvalue weighted by atomic mass is 10.2. The summed E-state index contributed by atoms with van der Waals surface area (Å²) in [6, 6.07) is 5.01. The lowest BCUT2D eigenvalue weighted by Gasteiger charge is -2.12. The molecule has 7 heteroatoms. The Balaban J connectivity index is 2.72. The predicted octanol–water partition coefficient (Wildman–Crippen LogP) is 0.723. The molecule has 0 aliphatic rings. The summed E-state index contributed by atoms with van der Waals surface area (Å²) in [6.45, 7) is 2.00. The summed E-state index contributed by atoms with van der Waals surface area (Å²) >= 11 is 0. The molecule has 0 fully saturated rings. The lowest BCUT2D eigenvalue weighted by molar-refractivity contribution is -0.139. The second-order valence-corrected chi connectivity index (χ2v) is 3.89. The van der Waals surface area contributed by atoms with Gasteiger partial charge in [-0.15, -0.1) is 0 Å². The van der Waals surface area contributed by atoms with Gasteiger partial charge in [0.25, 0.3) is 0 Å². The number of carbonyl (C=O) groups is 2. The number of nitrogens with one attached hydrogen (secondary N) is 1. The quantitative estimate of drug-likeness (QED) is 0.613. The normalized spacial score (nSPS) is 10.1. The monoisotopic (exact) mass is 283 g/mol. The molecule has 0 atom stereocenters. The number of rotatable bonds is 9. The van der Waals surface area contributed by atoms with Gasteiger partial charge in [0.2, 0.25) is 0 Å². The summed E-state index contributed by atoms with van der Waals surface area (Å²) in [5.74, 6) is -1.23. The van der Waals surface area contributed by atoms with E-state index in [2.05, 4.69) is 5.32 Å². The summed E-state index contributed by atoms with van der Waals surface area (Å²) in [5.41, 5.74) is 0.817. The Hall–Kier alpha value is -2.28. The number of hydrogen-bond acceptors (Lipinski definition) is 5. The molecule has 0 heterocycles. The largest absolute Gasteiger partial charge is 0.490 e.